The predicted octanol–water partition coefficient (Wildman–Crippen LogP) is 7.94. The van der Waals surface area contributed by atoms with E-state index in [1.807, 2.05) is 50.8 Å². The highest BCUT2D eigenvalue weighted by Crippen LogP contribution is 2.34. The molecule has 1 aromatic carbocycles. The number of nitrogens with zero attached hydrogens (tertiary/aromatic N) is 3. The van der Waals surface area contributed by atoms with Gasteiger partial charge >= 0.3 is 0 Å². The van der Waals surface area contributed by atoms with Crippen molar-refractivity contribution in [3.05, 3.63) is 76.0 Å². The maximum Gasteiger partial charge on any atom is 0.233 e. The highest BCUT2D eigenvalue weighted by molar-refractivity contribution is 7.16. The van der Waals surface area contributed by atoms with Gasteiger partial charge in [0.05, 0.1) is 28.7 Å². The molecule has 0 aliphatic carbocycles. The highest BCUT2D eigenvalue weighted by Gasteiger charge is 2.19. The van der Waals surface area contributed by atoms with Gasteiger partial charge in [0.25, 0.3) is 0 Å². The van der Waals surface area contributed by atoms with Crippen molar-refractivity contribution in [1.29, 1.82) is 0 Å². The number of rotatable bonds is 12. The lowest BCUT2D eigenvalue weighted by Gasteiger charge is -2.21. The summed E-state index contributed by atoms with van der Waals surface area (Å²) in [7, 11) is 2.80. The largest absolute Gasteiger partial charge is 0.468 e. The van der Waals surface area contributed by atoms with E-state index in [0.717, 1.165) is 59.1 Å². The predicted molar refractivity (Wildman–Crippen MR) is 155 cm³/mol. The summed E-state index contributed by atoms with van der Waals surface area (Å²) in [6.07, 6.45) is 10.4. The minimum absolute atomic E-state index is 0.311. The third kappa shape index (κ3) is 8.51. The molecule has 2 rings (SSSR count). The number of aryl methyl sites for hydroxylation is 2. The second-order valence-electron chi connectivity index (χ2n) is 8.30. The number of hydrogen-bond donors (Lipinski definition) is 1. The first-order chi connectivity index (χ1) is 16.8. The first-order valence-electron chi connectivity index (χ1n) is 12.6. The van der Waals surface area contributed by atoms with Crippen molar-refractivity contribution in [2.24, 2.45) is 10.7 Å². The second kappa shape index (κ2) is 15.8. The van der Waals surface area contributed by atoms with Crippen LogP contribution in [0.2, 0.25) is 5.02 Å². The molecule has 0 aliphatic heterocycles. The van der Waals surface area contributed by atoms with Crippen molar-refractivity contribution in [1.82, 2.24) is 9.78 Å². The molecule has 2 N–H and O–H groups in total. The van der Waals surface area contributed by atoms with Gasteiger partial charge in [0.2, 0.25) is 5.88 Å². The average Bonchev–Trinajstić information content (AvgIpc) is 3.34. The molecule has 0 radical (unpaired) electrons. The zero-order chi connectivity index (χ0) is 26.5. The van der Waals surface area contributed by atoms with Crippen molar-refractivity contribution >= 4 is 26.6 Å². The fraction of sp³-hybridized carbons (Fsp3) is 0.500. The Hall–Kier alpha value is -2.10. The maximum absolute atomic E-state index is 6.66. The molecule has 3 unspecified atom stereocenters. The van der Waals surface area contributed by atoms with Gasteiger partial charge in [-0.1, -0.05) is 64.4 Å². The van der Waals surface area contributed by atoms with Gasteiger partial charge in [-0.2, -0.15) is 5.10 Å². The van der Waals surface area contributed by atoms with Gasteiger partial charge in [-0.25, -0.2) is 4.99 Å². The van der Waals surface area contributed by atoms with E-state index in [1.54, 1.807) is 13.0 Å². The van der Waals surface area contributed by atoms with Crippen LogP contribution in [0.5, 0.6) is 0 Å². The lowest BCUT2D eigenvalue weighted by atomic mass is 9.98. The molecule has 0 bridgehead atoms. The second-order valence-corrected chi connectivity index (χ2v) is 9.26. The Labute approximate surface area is 220 Å². The van der Waals surface area contributed by atoms with Crippen LogP contribution < -0.4 is 5.73 Å². The summed E-state index contributed by atoms with van der Waals surface area (Å²) >= 11 is 6.66. The number of allylic oxidation sites excluding steroid dienone is 2. The third-order valence-corrected chi connectivity index (χ3v) is 6.52. The number of halogens is 1. The minimum atomic E-state index is -0.311. The van der Waals surface area contributed by atoms with Crippen molar-refractivity contribution in [3.8, 4) is 0 Å². The SMILES string of the molecule is C=C/C(=N\C(OC(C)c1c(CC)ccc(C)c1Cl)=C(/C)N)c1cnn(C(CCC)CCP)c1.CC. The van der Waals surface area contributed by atoms with Gasteiger partial charge < -0.3 is 10.5 Å². The van der Waals surface area contributed by atoms with Crippen LogP contribution in [0.4, 0.5) is 0 Å². The van der Waals surface area contributed by atoms with E-state index in [4.69, 9.17) is 27.1 Å². The molecule has 0 saturated heterocycles. The Morgan fingerprint density at radius 3 is 2.54 bits per heavy atom. The molecule has 2 aromatic rings. The molecular weight excluding hydrogens is 475 g/mol. The van der Waals surface area contributed by atoms with Crippen molar-refractivity contribution in [2.75, 3.05) is 6.16 Å². The maximum atomic E-state index is 6.66. The number of aromatic nitrogens is 2. The molecule has 35 heavy (non-hydrogen) atoms. The van der Waals surface area contributed by atoms with Crippen LogP contribution in [0.1, 0.15) is 95.2 Å². The van der Waals surface area contributed by atoms with E-state index >= 15 is 0 Å². The van der Waals surface area contributed by atoms with Crippen LogP contribution in [0.15, 0.2) is 53.8 Å². The van der Waals surface area contributed by atoms with Crippen molar-refractivity contribution in [2.45, 2.75) is 86.3 Å². The normalized spacial score (nSPS) is 13.9. The fourth-order valence-corrected chi connectivity index (χ4v) is 4.59. The van der Waals surface area contributed by atoms with Gasteiger partial charge in [0.15, 0.2) is 0 Å². The average molecular weight is 519 g/mol. The molecule has 0 spiro atoms. The molecule has 0 amide bonds. The molecular formula is C28H44ClN4OP. The topological polar surface area (TPSA) is 65.4 Å². The molecule has 0 aliphatic rings. The van der Waals surface area contributed by atoms with Crippen LogP contribution >= 0.6 is 20.8 Å². The molecule has 5 nitrogen and oxygen atoms in total. The zero-order valence-corrected chi connectivity index (χ0v) is 24.5. The molecule has 1 aromatic heterocycles. The van der Waals surface area contributed by atoms with Gasteiger partial charge in [-0.3, -0.25) is 4.68 Å². The summed E-state index contributed by atoms with van der Waals surface area (Å²) in [5.74, 6) is 0.361. The summed E-state index contributed by atoms with van der Waals surface area (Å²) in [6, 6.07) is 4.51. The quantitative estimate of drug-likeness (QED) is 0.176. The number of ether oxygens (including phenoxy) is 1. The van der Waals surface area contributed by atoms with Crippen molar-refractivity contribution in [3.63, 3.8) is 0 Å². The van der Waals surface area contributed by atoms with E-state index in [2.05, 4.69) is 40.8 Å². The number of hydrogen-bond acceptors (Lipinski definition) is 4. The fourth-order valence-electron chi connectivity index (χ4n) is 3.87. The van der Waals surface area contributed by atoms with Gasteiger partial charge in [-0.05, 0) is 63.4 Å². The molecule has 1 heterocycles. The lowest BCUT2D eigenvalue weighted by Crippen LogP contribution is -2.11. The van der Waals surface area contributed by atoms with E-state index in [0.29, 0.717) is 23.3 Å². The Morgan fingerprint density at radius 2 is 2.00 bits per heavy atom. The van der Waals surface area contributed by atoms with Gasteiger partial charge in [0.1, 0.15) is 6.10 Å². The molecule has 0 fully saturated rings. The number of benzene rings is 1. The smallest absolute Gasteiger partial charge is 0.233 e. The summed E-state index contributed by atoms with van der Waals surface area (Å²) < 4.78 is 8.30. The monoisotopic (exact) mass is 518 g/mol. The molecule has 7 heteroatoms. The summed E-state index contributed by atoms with van der Waals surface area (Å²) in [4.78, 5) is 4.73. The Morgan fingerprint density at radius 1 is 1.31 bits per heavy atom. The van der Waals surface area contributed by atoms with Crippen LogP contribution in [0.25, 0.3) is 0 Å². The highest BCUT2D eigenvalue weighted by atomic mass is 35.5. The lowest BCUT2D eigenvalue weighted by molar-refractivity contribution is 0.128. The van der Waals surface area contributed by atoms with Crippen LogP contribution in [0.3, 0.4) is 0 Å². The summed E-state index contributed by atoms with van der Waals surface area (Å²) in [5, 5.41) is 5.32. The van der Waals surface area contributed by atoms with Gasteiger partial charge in [0, 0.05) is 17.3 Å². The summed E-state index contributed by atoms with van der Waals surface area (Å²) in [6.45, 7) is 18.0. The molecule has 0 saturated carbocycles. The van der Waals surface area contributed by atoms with Gasteiger partial charge in [-0.15, -0.1) is 9.24 Å². The first-order valence-corrected chi connectivity index (χ1v) is 13.8. The molecule has 3 atom stereocenters. The van der Waals surface area contributed by atoms with Crippen LogP contribution in [-0.2, 0) is 11.2 Å². The molecule has 194 valence electrons. The Balaban J connectivity index is 0.00000298. The number of aliphatic imine (C=N–C) groups is 1. The van der Waals surface area contributed by atoms with E-state index in [9.17, 15) is 0 Å². The van der Waals surface area contributed by atoms with Crippen LogP contribution in [-0.4, -0.2) is 21.7 Å². The number of nitrogens with two attached hydrogens (primary N) is 1. The van der Waals surface area contributed by atoms with E-state index in [1.165, 1.54) is 0 Å². The minimum Gasteiger partial charge on any atom is -0.468 e. The van der Waals surface area contributed by atoms with E-state index in [-0.39, 0.29) is 6.10 Å². The van der Waals surface area contributed by atoms with E-state index < -0.39 is 0 Å². The zero-order valence-electron chi connectivity index (χ0n) is 22.6. The Bertz CT molecular complexity index is 1000. The first kappa shape index (κ1) is 30.9. The summed E-state index contributed by atoms with van der Waals surface area (Å²) in [5.41, 5.74) is 11.4. The van der Waals surface area contributed by atoms with Crippen LogP contribution in [0, 0.1) is 6.92 Å². The van der Waals surface area contributed by atoms with Crippen molar-refractivity contribution < 1.29 is 4.74 Å². The standard InChI is InChI=1S/C26H38ClN4OP.C2H6/c1-7-10-22(13-14-33)31-16-21(15-29-31)23(9-3)30-26(18(5)28)32-19(6)24-20(8-2)12-11-17(4)25(24)27;1-2/h9,11-12,15-16,19,22H,3,7-8,10,13-14,28,33H2,1-2,4-6H3;1-2H3/b26-18-,30-23+;. The Kier molecular flexibility index (Phi) is 14.0. The third-order valence-electron chi connectivity index (χ3n) is 5.68.